The van der Waals surface area contributed by atoms with Crippen molar-refractivity contribution in [2.24, 2.45) is 0 Å². The molecule has 8 heteroatoms. The molecule has 0 bridgehead atoms. The lowest BCUT2D eigenvalue weighted by atomic mass is 10.2. The lowest BCUT2D eigenvalue weighted by Crippen LogP contribution is -2.40. The minimum absolute atomic E-state index is 0.253. The average molecular weight is 490 g/mol. The van der Waals surface area contributed by atoms with Crippen LogP contribution in [0.4, 0.5) is 5.69 Å². The number of hydrogen-bond acceptors (Lipinski definition) is 6. The second kappa shape index (κ2) is 9.57. The summed E-state index contributed by atoms with van der Waals surface area (Å²) in [6.07, 6.45) is 0. The fraction of sp³-hybridized carbons (Fsp3) is 0.273. The summed E-state index contributed by atoms with van der Waals surface area (Å²) < 4.78 is 6.04. The molecule has 1 unspecified atom stereocenters. The van der Waals surface area contributed by atoms with Crippen LogP contribution in [0.15, 0.2) is 63.6 Å². The molecule has 0 spiro atoms. The Labute approximate surface area is 189 Å². The zero-order valence-corrected chi connectivity index (χ0v) is 19.7. The molecule has 1 aliphatic rings. The maximum absolute atomic E-state index is 12.9. The maximum atomic E-state index is 12.9. The largest absolute Gasteiger partial charge is 0.462 e. The van der Waals surface area contributed by atoms with E-state index in [9.17, 15) is 9.59 Å². The summed E-state index contributed by atoms with van der Waals surface area (Å²) in [6, 6.07) is 15.2. The third kappa shape index (κ3) is 4.82. The van der Waals surface area contributed by atoms with E-state index < -0.39 is 0 Å². The predicted octanol–water partition coefficient (Wildman–Crippen LogP) is 4.70. The van der Waals surface area contributed by atoms with Gasteiger partial charge in [0.25, 0.3) is 5.91 Å². The first-order valence-electron chi connectivity index (χ1n) is 9.49. The molecule has 0 fully saturated rings. The van der Waals surface area contributed by atoms with E-state index in [0.717, 1.165) is 15.7 Å². The van der Waals surface area contributed by atoms with Gasteiger partial charge < -0.3 is 9.64 Å². The van der Waals surface area contributed by atoms with Gasteiger partial charge in [-0.3, -0.25) is 15.2 Å². The normalized spacial score (nSPS) is 15.9. The zero-order chi connectivity index (χ0) is 21.8. The van der Waals surface area contributed by atoms with E-state index in [2.05, 4.69) is 21.4 Å². The van der Waals surface area contributed by atoms with Gasteiger partial charge in [0.05, 0.1) is 12.3 Å². The highest BCUT2D eigenvalue weighted by atomic mass is 79.9. The summed E-state index contributed by atoms with van der Waals surface area (Å²) in [4.78, 5) is 27.9. The number of anilines is 1. The molecule has 0 radical (unpaired) electrons. The van der Waals surface area contributed by atoms with Crippen LogP contribution < -0.4 is 10.3 Å². The van der Waals surface area contributed by atoms with Crippen LogP contribution in [0.3, 0.4) is 0 Å². The topological polar surface area (TPSA) is 61.9 Å². The van der Waals surface area contributed by atoms with Gasteiger partial charge in [-0.1, -0.05) is 45.9 Å². The number of halogens is 1. The van der Waals surface area contributed by atoms with E-state index in [4.69, 9.17) is 4.74 Å². The third-order valence-corrected chi connectivity index (χ3v) is 6.52. The number of carbonyl (C=O) groups is 2. The molecule has 30 heavy (non-hydrogen) atoms. The summed E-state index contributed by atoms with van der Waals surface area (Å²) in [7, 11) is 3.96. The number of thioether (sulfide) groups is 1. The van der Waals surface area contributed by atoms with Crippen molar-refractivity contribution in [2.45, 2.75) is 19.2 Å². The molecule has 158 valence electrons. The number of carbonyl (C=O) groups excluding carboxylic acids is 2. The Bertz CT molecular complexity index is 976. The van der Waals surface area contributed by atoms with Gasteiger partial charge in [-0.25, -0.2) is 4.79 Å². The smallest absolute Gasteiger partial charge is 0.346 e. The Hall–Kier alpha value is -2.45. The highest BCUT2D eigenvalue weighted by Crippen LogP contribution is 2.47. The summed E-state index contributed by atoms with van der Waals surface area (Å²) in [6.45, 7) is 3.88. The number of ether oxygens (including phenoxy) is 1. The Morgan fingerprint density at radius 3 is 2.50 bits per heavy atom. The van der Waals surface area contributed by atoms with Crippen LogP contribution in [-0.2, 0) is 9.53 Å². The quantitative estimate of drug-likeness (QED) is 0.593. The second-order valence-electron chi connectivity index (χ2n) is 6.91. The molecule has 0 aromatic heterocycles. The number of hydrogen-bond donors (Lipinski definition) is 1. The van der Waals surface area contributed by atoms with Crippen molar-refractivity contribution >= 4 is 45.3 Å². The van der Waals surface area contributed by atoms with Crippen LogP contribution in [0.2, 0.25) is 0 Å². The third-order valence-electron chi connectivity index (χ3n) is 4.62. The molecular formula is C22H24BrN3O3S. The SMILES string of the molecule is CCOC(=O)C1=C(C)N(NC(=O)c2cccc(Br)c2)C(c2ccc(N(C)C)cc2)S1. The molecule has 2 aromatic carbocycles. The molecular weight excluding hydrogens is 466 g/mol. The van der Waals surface area contributed by atoms with Crippen LogP contribution >= 0.6 is 27.7 Å². The van der Waals surface area contributed by atoms with Gasteiger partial charge in [-0.05, 0) is 49.7 Å². The Morgan fingerprint density at radius 1 is 1.20 bits per heavy atom. The van der Waals surface area contributed by atoms with E-state index in [0.29, 0.717) is 22.8 Å². The molecule has 1 heterocycles. The van der Waals surface area contributed by atoms with Gasteiger partial charge in [-0.2, -0.15) is 0 Å². The van der Waals surface area contributed by atoms with E-state index in [1.165, 1.54) is 11.8 Å². The van der Waals surface area contributed by atoms with Crippen molar-refractivity contribution in [3.63, 3.8) is 0 Å². The Balaban J connectivity index is 1.92. The predicted molar refractivity (Wildman–Crippen MR) is 124 cm³/mol. The lowest BCUT2D eigenvalue weighted by Gasteiger charge is -2.28. The number of benzene rings is 2. The number of amides is 1. The van der Waals surface area contributed by atoms with Gasteiger partial charge in [0.15, 0.2) is 0 Å². The molecule has 0 aliphatic carbocycles. The highest BCUT2D eigenvalue weighted by molar-refractivity contribution is 9.10. The number of hydrazine groups is 1. The lowest BCUT2D eigenvalue weighted by molar-refractivity contribution is -0.137. The first kappa shape index (κ1) is 22.2. The van der Waals surface area contributed by atoms with Crippen LogP contribution in [0, 0.1) is 0 Å². The first-order chi connectivity index (χ1) is 14.3. The van der Waals surface area contributed by atoms with Crippen molar-refractivity contribution in [2.75, 3.05) is 25.6 Å². The number of esters is 1. The molecule has 0 saturated carbocycles. The molecule has 1 aliphatic heterocycles. The maximum Gasteiger partial charge on any atom is 0.346 e. The van der Waals surface area contributed by atoms with Crippen molar-refractivity contribution in [3.8, 4) is 0 Å². The van der Waals surface area contributed by atoms with Crippen molar-refractivity contribution < 1.29 is 14.3 Å². The van der Waals surface area contributed by atoms with E-state index in [1.54, 1.807) is 24.1 Å². The van der Waals surface area contributed by atoms with Gasteiger partial charge in [0, 0.05) is 29.8 Å². The molecule has 0 saturated heterocycles. The van der Waals surface area contributed by atoms with Crippen LogP contribution in [-0.4, -0.2) is 37.6 Å². The molecule has 3 rings (SSSR count). The summed E-state index contributed by atoms with van der Waals surface area (Å²) in [5.41, 5.74) is 6.18. The average Bonchev–Trinajstić information content (AvgIpc) is 3.04. The van der Waals surface area contributed by atoms with E-state index >= 15 is 0 Å². The molecule has 1 N–H and O–H groups in total. The van der Waals surface area contributed by atoms with Gasteiger partial charge in [0.1, 0.15) is 10.3 Å². The summed E-state index contributed by atoms with van der Waals surface area (Å²) >= 11 is 4.77. The Morgan fingerprint density at radius 2 is 1.90 bits per heavy atom. The fourth-order valence-corrected chi connectivity index (χ4v) is 4.68. The first-order valence-corrected chi connectivity index (χ1v) is 11.2. The van der Waals surface area contributed by atoms with Gasteiger partial charge in [-0.15, -0.1) is 0 Å². The monoisotopic (exact) mass is 489 g/mol. The number of nitrogens with zero attached hydrogens (tertiary/aromatic N) is 2. The second-order valence-corrected chi connectivity index (χ2v) is 8.92. The number of nitrogens with one attached hydrogen (secondary N) is 1. The minimum Gasteiger partial charge on any atom is -0.462 e. The standard InChI is InChI=1S/C22H24BrN3O3S/c1-5-29-22(28)19-14(2)26(24-20(27)16-7-6-8-17(23)13-16)21(30-19)15-9-11-18(12-10-15)25(3)4/h6-13,21H,5H2,1-4H3,(H,24,27). The van der Waals surface area contributed by atoms with Gasteiger partial charge in [0.2, 0.25) is 0 Å². The zero-order valence-electron chi connectivity index (χ0n) is 17.3. The number of allylic oxidation sites excluding steroid dienone is 1. The molecule has 2 aromatic rings. The van der Waals surface area contributed by atoms with Crippen LogP contribution in [0.25, 0.3) is 0 Å². The van der Waals surface area contributed by atoms with Gasteiger partial charge >= 0.3 is 5.97 Å². The fourth-order valence-electron chi connectivity index (χ4n) is 3.03. The van der Waals surface area contributed by atoms with E-state index in [1.807, 2.05) is 62.3 Å². The number of rotatable bonds is 6. The van der Waals surface area contributed by atoms with Crippen LogP contribution in [0.5, 0.6) is 0 Å². The summed E-state index contributed by atoms with van der Waals surface area (Å²) in [5, 5.41) is 1.46. The van der Waals surface area contributed by atoms with E-state index in [-0.39, 0.29) is 17.3 Å². The van der Waals surface area contributed by atoms with Crippen LogP contribution in [0.1, 0.15) is 35.1 Å². The summed E-state index contributed by atoms with van der Waals surface area (Å²) in [5.74, 6) is -0.634. The Kier molecular flexibility index (Phi) is 7.10. The van der Waals surface area contributed by atoms with Crippen molar-refractivity contribution in [1.82, 2.24) is 10.4 Å². The molecule has 6 nitrogen and oxygen atoms in total. The van der Waals surface area contributed by atoms with Crippen molar-refractivity contribution in [1.29, 1.82) is 0 Å². The highest BCUT2D eigenvalue weighted by Gasteiger charge is 2.36. The molecule has 1 atom stereocenters. The minimum atomic E-state index is -0.380. The molecule has 1 amide bonds. The van der Waals surface area contributed by atoms with Crippen molar-refractivity contribution in [3.05, 3.63) is 74.7 Å².